The summed E-state index contributed by atoms with van der Waals surface area (Å²) in [5.41, 5.74) is 0.320. The first-order chi connectivity index (χ1) is 16.2. The van der Waals surface area contributed by atoms with Crippen LogP contribution in [-0.4, -0.2) is 50.0 Å². The fourth-order valence-electron chi connectivity index (χ4n) is 3.14. The summed E-state index contributed by atoms with van der Waals surface area (Å²) in [5, 5.41) is 3.34. The Hall–Kier alpha value is -2.43. The monoisotopic (exact) mass is 549 g/mol. The summed E-state index contributed by atoms with van der Waals surface area (Å²) in [4.78, 5) is 27.4. The van der Waals surface area contributed by atoms with Crippen LogP contribution in [-0.2, 0) is 26.2 Å². The number of benzene rings is 2. The first kappa shape index (κ1) is 28.8. The van der Waals surface area contributed by atoms with E-state index in [1.165, 1.54) is 24.0 Å². The fraction of sp³-hybridized carbons (Fsp3) is 0.391. The molecule has 2 amide bonds. The van der Waals surface area contributed by atoms with E-state index in [1.807, 2.05) is 13.8 Å². The minimum absolute atomic E-state index is 0.0831. The lowest BCUT2D eigenvalue weighted by Gasteiger charge is -2.32. The third-order valence-corrected chi connectivity index (χ3v) is 7.26. The Morgan fingerprint density at radius 3 is 2.23 bits per heavy atom. The van der Waals surface area contributed by atoms with E-state index < -0.39 is 46.1 Å². The van der Waals surface area contributed by atoms with Gasteiger partial charge in [-0.1, -0.05) is 36.2 Å². The maximum atomic E-state index is 13.8. The van der Waals surface area contributed by atoms with Gasteiger partial charge in [0.15, 0.2) is 11.6 Å². The molecule has 35 heavy (non-hydrogen) atoms. The molecule has 0 aliphatic carbocycles. The average molecular weight is 550 g/mol. The molecule has 2 rings (SSSR count). The van der Waals surface area contributed by atoms with Gasteiger partial charge in [-0.3, -0.25) is 13.9 Å². The Labute approximate surface area is 214 Å². The van der Waals surface area contributed by atoms with Crippen molar-refractivity contribution in [2.45, 2.75) is 45.8 Å². The summed E-state index contributed by atoms with van der Waals surface area (Å²) < 4.78 is 52.7. The van der Waals surface area contributed by atoms with E-state index in [-0.39, 0.29) is 23.3 Å². The molecule has 0 heterocycles. The van der Waals surface area contributed by atoms with Crippen molar-refractivity contribution in [3.63, 3.8) is 0 Å². The second-order valence-corrected chi connectivity index (χ2v) is 10.9. The first-order valence-electron chi connectivity index (χ1n) is 10.7. The molecule has 0 bridgehead atoms. The molecule has 0 saturated heterocycles. The number of amides is 2. The van der Waals surface area contributed by atoms with Gasteiger partial charge in [-0.05, 0) is 50.1 Å². The SMILES string of the molecule is CC[C@H](C)NC(=O)[C@H](C)N(Cc1ccc(Cl)c(Cl)c1)C(=O)CN(c1ccc(F)c(F)c1)S(C)(=O)=O. The molecular weight excluding hydrogens is 523 g/mol. The smallest absolute Gasteiger partial charge is 0.244 e. The third kappa shape index (κ3) is 7.78. The van der Waals surface area contributed by atoms with Crippen molar-refractivity contribution in [1.82, 2.24) is 10.2 Å². The van der Waals surface area contributed by atoms with Crippen LogP contribution in [0.3, 0.4) is 0 Å². The molecule has 7 nitrogen and oxygen atoms in total. The molecule has 0 aromatic heterocycles. The van der Waals surface area contributed by atoms with Crippen molar-refractivity contribution in [2.75, 3.05) is 17.1 Å². The molecule has 192 valence electrons. The summed E-state index contributed by atoms with van der Waals surface area (Å²) in [6, 6.07) is 6.06. The van der Waals surface area contributed by atoms with Crippen molar-refractivity contribution < 1.29 is 26.8 Å². The number of halogens is 4. The van der Waals surface area contributed by atoms with E-state index in [1.54, 1.807) is 6.07 Å². The largest absolute Gasteiger partial charge is 0.352 e. The molecular formula is C23H27Cl2F2N3O4S. The van der Waals surface area contributed by atoms with Crippen molar-refractivity contribution in [3.05, 3.63) is 63.6 Å². The van der Waals surface area contributed by atoms with Gasteiger partial charge in [0.05, 0.1) is 22.0 Å². The van der Waals surface area contributed by atoms with Gasteiger partial charge in [-0.15, -0.1) is 0 Å². The highest BCUT2D eigenvalue weighted by Crippen LogP contribution is 2.25. The average Bonchev–Trinajstić information content (AvgIpc) is 2.78. The molecule has 1 N–H and O–H groups in total. The second kappa shape index (κ2) is 12.0. The van der Waals surface area contributed by atoms with Crippen LogP contribution < -0.4 is 9.62 Å². The molecule has 12 heteroatoms. The van der Waals surface area contributed by atoms with Gasteiger partial charge >= 0.3 is 0 Å². The van der Waals surface area contributed by atoms with Crippen LogP contribution in [0.1, 0.15) is 32.8 Å². The van der Waals surface area contributed by atoms with Crippen molar-refractivity contribution in [1.29, 1.82) is 0 Å². The summed E-state index contributed by atoms with van der Waals surface area (Å²) in [5.74, 6) is -3.60. The maximum absolute atomic E-state index is 13.8. The first-order valence-corrected chi connectivity index (χ1v) is 13.3. The predicted octanol–water partition coefficient (Wildman–Crippen LogP) is 4.37. The molecule has 0 unspecified atom stereocenters. The number of hydrogen-bond acceptors (Lipinski definition) is 4. The Morgan fingerprint density at radius 2 is 1.69 bits per heavy atom. The molecule has 0 saturated carbocycles. The number of nitrogens with one attached hydrogen (secondary N) is 1. The summed E-state index contributed by atoms with van der Waals surface area (Å²) >= 11 is 12.1. The predicted molar refractivity (Wildman–Crippen MR) is 133 cm³/mol. The van der Waals surface area contributed by atoms with Gasteiger partial charge < -0.3 is 10.2 Å². The van der Waals surface area contributed by atoms with Gasteiger partial charge in [0.25, 0.3) is 0 Å². The summed E-state index contributed by atoms with van der Waals surface area (Å²) in [6.45, 7) is 4.38. The van der Waals surface area contributed by atoms with E-state index >= 15 is 0 Å². The topological polar surface area (TPSA) is 86.8 Å². The van der Waals surface area contributed by atoms with Gasteiger partial charge in [0, 0.05) is 18.7 Å². The highest BCUT2D eigenvalue weighted by atomic mass is 35.5. The molecule has 2 aromatic carbocycles. The minimum atomic E-state index is -4.07. The van der Waals surface area contributed by atoms with Crippen LogP contribution in [0.15, 0.2) is 36.4 Å². The molecule has 2 aromatic rings. The van der Waals surface area contributed by atoms with Crippen LogP contribution in [0.5, 0.6) is 0 Å². The van der Waals surface area contributed by atoms with E-state index in [2.05, 4.69) is 5.32 Å². The van der Waals surface area contributed by atoms with Gasteiger partial charge in [0.2, 0.25) is 21.8 Å². The Bertz CT molecular complexity index is 1200. The zero-order chi connectivity index (χ0) is 26.5. The number of sulfonamides is 1. The van der Waals surface area contributed by atoms with Crippen LogP contribution in [0.2, 0.25) is 10.0 Å². The molecule has 0 fully saturated rings. The quantitative estimate of drug-likeness (QED) is 0.476. The normalized spacial score (nSPS) is 13.1. The van der Waals surface area contributed by atoms with Crippen LogP contribution in [0.4, 0.5) is 14.5 Å². The second-order valence-electron chi connectivity index (χ2n) is 8.13. The van der Waals surface area contributed by atoms with Crippen molar-refractivity contribution in [3.8, 4) is 0 Å². The van der Waals surface area contributed by atoms with Crippen LogP contribution >= 0.6 is 23.2 Å². The highest BCUT2D eigenvalue weighted by Gasteiger charge is 2.30. The zero-order valence-electron chi connectivity index (χ0n) is 19.7. The lowest BCUT2D eigenvalue weighted by Crippen LogP contribution is -2.52. The number of hydrogen-bond donors (Lipinski definition) is 1. The fourth-order valence-corrected chi connectivity index (χ4v) is 4.30. The maximum Gasteiger partial charge on any atom is 0.244 e. The Kier molecular flexibility index (Phi) is 9.88. The van der Waals surface area contributed by atoms with E-state index in [0.29, 0.717) is 27.4 Å². The Balaban J connectivity index is 2.43. The number of carbonyl (C=O) groups is 2. The number of anilines is 1. The summed E-state index contributed by atoms with van der Waals surface area (Å²) in [6.07, 6.45) is 1.50. The molecule has 2 atom stereocenters. The van der Waals surface area contributed by atoms with Gasteiger partial charge in [-0.25, -0.2) is 17.2 Å². The number of carbonyl (C=O) groups excluding carboxylic acids is 2. The minimum Gasteiger partial charge on any atom is -0.352 e. The van der Waals surface area contributed by atoms with E-state index in [9.17, 15) is 26.8 Å². The van der Waals surface area contributed by atoms with E-state index in [0.717, 1.165) is 18.4 Å². The highest BCUT2D eigenvalue weighted by molar-refractivity contribution is 7.92. The summed E-state index contributed by atoms with van der Waals surface area (Å²) in [7, 11) is -4.07. The molecule has 0 spiro atoms. The number of nitrogens with zero attached hydrogens (tertiary/aromatic N) is 2. The number of rotatable bonds is 10. The van der Waals surface area contributed by atoms with E-state index in [4.69, 9.17) is 23.2 Å². The molecule has 0 radical (unpaired) electrons. The van der Waals surface area contributed by atoms with Crippen LogP contribution in [0, 0.1) is 11.6 Å². The zero-order valence-corrected chi connectivity index (χ0v) is 22.0. The molecule has 0 aliphatic heterocycles. The lowest BCUT2D eigenvalue weighted by atomic mass is 10.1. The van der Waals surface area contributed by atoms with Crippen molar-refractivity contribution >= 4 is 50.7 Å². The third-order valence-electron chi connectivity index (χ3n) is 5.38. The standard InChI is InChI=1S/C23H27Cl2F2N3O4S/c1-5-14(2)28-23(32)15(3)29(12-16-6-8-18(24)19(25)10-16)22(31)13-30(35(4,33)34)17-7-9-20(26)21(27)11-17/h6-11,14-15H,5,12-13H2,1-4H3,(H,28,32)/t14-,15-/m0/s1. The van der Waals surface area contributed by atoms with Gasteiger partial charge in [-0.2, -0.15) is 0 Å². The Morgan fingerprint density at radius 1 is 1.03 bits per heavy atom. The lowest BCUT2D eigenvalue weighted by molar-refractivity contribution is -0.139. The molecule has 0 aliphatic rings. The van der Waals surface area contributed by atoms with Gasteiger partial charge in [0.1, 0.15) is 12.6 Å². The van der Waals surface area contributed by atoms with Crippen LogP contribution in [0.25, 0.3) is 0 Å². The van der Waals surface area contributed by atoms with Crippen molar-refractivity contribution in [2.24, 2.45) is 0 Å².